The Kier molecular flexibility index (Phi) is 5.33. The average molecular weight is 361 g/mol. The summed E-state index contributed by atoms with van der Waals surface area (Å²) in [5.41, 5.74) is 3.34. The van der Waals surface area contributed by atoms with E-state index < -0.39 is 5.60 Å². The van der Waals surface area contributed by atoms with E-state index in [2.05, 4.69) is 60.4 Å². The van der Waals surface area contributed by atoms with E-state index in [0.717, 1.165) is 22.6 Å². The van der Waals surface area contributed by atoms with Crippen LogP contribution in [0.2, 0.25) is 0 Å². The zero-order chi connectivity index (χ0) is 19.5. The van der Waals surface area contributed by atoms with Crippen LogP contribution < -0.4 is 4.74 Å². The van der Waals surface area contributed by atoms with Crippen molar-refractivity contribution in [3.05, 3.63) is 95.3 Å². The van der Waals surface area contributed by atoms with Gasteiger partial charge in [-0.2, -0.15) is 0 Å². The van der Waals surface area contributed by atoms with Crippen molar-refractivity contribution >= 4 is 0 Å². The molecule has 3 nitrogen and oxygen atoms in total. The second-order valence-corrected chi connectivity index (χ2v) is 7.80. The molecule has 0 amide bonds. The molecule has 0 radical (unpaired) electrons. The number of aromatic nitrogens is 1. The fourth-order valence-electron chi connectivity index (χ4n) is 3.18. The van der Waals surface area contributed by atoms with Crippen LogP contribution in [0.3, 0.4) is 0 Å². The van der Waals surface area contributed by atoms with Crippen molar-refractivity contribution in [3.8, 4) is 5.75 Å². The third-order valence-electron chi connectivity index (χ3n) is 4.86. The Bertz CT molecular complexity index is 865. The van der Waals surface area contributed by atoms with Crippen LogP contribution >= 0.6 is 0 Å². The van der Waals surface area contributed by atoms with Crippen molar-refractivity contribution in [3.63, 3.8) is 0 Å². The Morgan fingerprint density at radius 1 is 0.815 bits per heavy atom. The lowest BCUT2D eigenvalue weighted by atomic mass is 9.71. The summed E-state index contributed by atoms with van der Waals surface area (Å²) >= 11 is 0. The second-order valence-electron chi connectivity index (χ2n) is 7.80. The highest BCUT2D eigenvalue weighted by atomic mass is 16.5. The first-order valence-corrected chi connectivity index (χ1v) is 9.23. The van der Waals surface area contributed by atoms with Gasteiger partial charge in [0.2, 0.25) is 0 Å². The minimum absolute atomic E-state index is 0.254. The third-order valence-corrected chi connectivity index (χ3v) is 4.86. The van der Waals surface area contributed by atoms with Crippen LogP contribution in [0.1, 0.15) is 43.2 Å². The van der Waals surface area contributed by atoms with Crippen LogP contribution in [0.5, 0.6) is 5.75 Å². The van der Waals surface area contributed by atoms with Gasteiger partial charge in [-0.3, -0.25) is 4.98 Å². The molecule has 0 saturated heterocycles. The Morgan fingerprint density at radius 3 is 1.96 bits per heavy atom. The van der Waals surface area contributed by atoms with E-state index >= 15 is 0 Å². The van der Waals surface area contributed by atoms with Gasteiger partial charge in [0.15, 0.2) is 0 Å². The number of hydrogen-bond acceptors (Lipinski definition) is 3. The number of hydrogen-bond donors (Lipinski definition) is 1. The Hall–Kier alpha value is -2.65. The Balaban J connectivity index is 2.00. The molecule has 3 heteroatoms. The highest BCUT2D eigenvalue weighted by Gasteiger charge is 2.31. The van der Waals surface area contributed by atoms with Crippen molar-refractivity contribution < 1.29 is 9.84 Å². The summed E-state index contributed by atoms with van der Waals surface area (Å²) in [5.74, 6) is 0.748. The molecule has 0 aliphatic heterocycles. The lowest BCUT2D eigenvalue weighted by Crippen LogP contribution is -2.28. The van der Waals surface area contributed by atoms with Gasteiger partial charge in [0.25, 0.3) is 0 Å². The lowest BCUT2D eigenvalue weighted by molar-refractivity contribution is 0.0285. The average Bonchev–Trinajstić information content (AvgIpc) is 2.67. The SMILES string of the molecule is Cc1ccc(C(C)(c2ccccc2)c2ccc(OCC(C)(C)O)cc2)cn1. The molecule has 0 aliphatic rings. The van der Waals surface area contributed by atoms with Crippen molar-refractivity contribution in [1.82, 2.24) is 4.98 Å². The maximum Gasteiger partial charge on any atom is 0.119 e. The van der Waals surface area contributed by atoms with Crippen molar-refractivity contribution in [2.24, 2.45) is 0 Å². The summed E-state index contributed by atoms with van der Waals surface area (Å²) in [5, 5.41) is 9.85. The smallest absolute Gasteiger partial charge is 0.119 e. The normalized spacial score (nSPS) is 13.8. The molecule has 1 heterocycles. The molecule has 0 bridgehead atoms. The summed E-state index contributed by atoms with van der Waals surface area (Å²) in [7, 11) is 0. The molecule has 140 valence electrons. The predicted octanol–water partition coefficient (Wildman–Crippen LogP) is 4.89. The zero-order valence-corrected chi connectivity index (χ0v) is 16.4. The van der Waals surface area contributed by atoms with E-state index in [9.17, 15) is 5.11 Å². The summed E-state index contributed by atoms with van der Waals surface area (Å²) in [6.45, 7) is 7.94. The molecule has 0 saturated carbocycles. The van der Waals surface area contributed by atoms with Crippen molar-refractivity contribution in [2.45, 2.75) is 38.7 Å². The molecule has 0 spiro atoms. The number of pyridine rings is 1. The molecule has 2 aromatic carbocycles. The van der Waals surface area contributed by atoms with Gasteiger partial charge < -0.3 is 9.84 Å². The molecule has 3 rings (SSSR count). The van der Waals surface area contributed by atoms with E-state index in [1.807, 2.05) is 31.3 Å². The fourth-order valence-corrected chi connectivity index (χ4v) is 3.18. The summed E-state index contributed by atoms with van der Waals surface area (Å²) in [4.78, 5) is 4.52. The number of nitrogens with zero attached hydrogens (tertiary/aromatic N) is 1. The quantitative estimate of drug-likeness (QED) is 0.679. The number of ether oxygens (including phenoxy) is 1. The first-order chi connectivity index (χ1) is 12.8. The molecular formula is C24H27NO2. The Labute approximate surface area is 161 Å². The highest BCUT2D eigenvalue weighted by molar-refractivity contribution is 5.49. The minimum atomic E-state index is -0.856. The molecule has 0 aliphatic carbocycles. The van der Waals surface area contributed by atoms with Gasteiger partial charge in [0, 0.05) is 17.3 Å². The van der Waals surface area contributed by atoms with Crippen LogP contribution in [0, 0.1) is 6.92 Å². The molecule has 0 fully saturated rings. The van der Waals surface area contributed by atoms with E-state index in [1.54, 1.807) is 13.8 Å². The second kappa shape index (κ2) is 7.53. The zero-order valence-electron chi connectivity index (χ0n) is 16.4. The third kappa shape index (κ3) is 4.37. The molecule has 3 aromatic rings. The van der Waals surface area contributed by atoms with E-state index in [4.69, 9.17) is 4.74 Å². The molecule has 1 atom stereocenters. The van der Waals surface area contributed by atoms with Crippen LogP contribution in [0.4, 0.5) is 0 Å². The minimum Gasteiger partial charge on any atom is -0.491 e. The molecule has 1 N–H and O–H groups in total. The molecular weight excluding hydrogens is 334 g/mol. The number of aryl methyl sites for hydroxylation is 1. The van der Waals surface area contributed by atoms with E-state index in [0.29, 0.717) is 0 Å². The van der Waals surface area contributed by atoms with Crippen LogP contribution in [0.25, 0.3) is 0 Å². The predicted molar refractivity (Wildman–Crippen MR) is 109 cm³/mol. The summed E-state index contributed by atoms with van der Waals surface area (Å²) in [6, 6.07) is 22.8. The highest BCUT2D eigenvalue weighted by Crippen LogP contribution is 2.39. The first kappa shape index (κ1) is 19.1. The monoisotopic (exact) mass is 361 g/mol. The van der Waals surface area contributed by atoms with Crippen LogP contribution in [0.15, 0.2) is 72.9 Å². The van der Waals surface area contributed by atoms with Crippen molar-refractivity contribution in [1.29, 1.82) is 0 Å². The van der Waals surface area contributed by atoms with Crippen molar-refractivity contribution in [2.75, 3.05) is 6.61 Å². The van der Waals surface area contributed by atoms with Crippen LogP contribution in [-0.4, -0.2) is 22.3 Å². The van der Waals surface area contributed by atoms with Gasteiger partial charge in [-0.15, -0.1) is 0 Å². The fraction of sp³-hybridized carbons (Fsp3) is 0.292. The van der Waals surface area contributed by atoms with Gasteiger partial charge in [-0.05, 0) is 62.6 Å². The van der Waals surface area contributed by atoms with E-state index in [-0.39, 0.29) is 12.0 Å². The van der Waals surface area contributed by atoms with Gasteiger partial charge in [0.1, 0.15) is 12.4 Å². The van der Waals surface area contributed by atoms with Gasteiger partial charge in [-0.1, -0.05) is 48.5 Å². The summed E-state index contributed by atoms with van der Waals surface area (Å²) < 4.78 is 5.70. The number of aliphatic hydroxyl groups is 1. The first-order valence-electron chi connectivity index (χ1n) is 9.23. The lowest BCUT2D eigenvalue weighted by Gasteiger charge is -2.32. The maximum atomic E-state index is 9.85. The number of rotatable bonds is 6. The van der Waals surface area contributed by atoms with E-state index in [1.165, 1.54) is 5.56 Å². The van der Waals surface area contributed by atoms with Gasteiger partial charge in [-0.25, -0.2) is 0 Å². The summed E-state index contributed by atoms with van der Waals surface area (Å²) in [6.07, 6.45) is 1.96. The topological polar surface area (TPSA) is 42.4 Å². The van der Waals surface area contributed by atoms with Crippen LogP contribution in [-0.2, 0) is 5.41 Å². The molecule has 1 unspecified atom stereocenters. The number of benzene rings is 2. The maximum absolute atomic E-state index is 9.85. The molecule has 1 aromatic heterocycles. The standard InChI is InChI=1S/C24H27NO2/c1-18-10-11-21(16-25-18)24(4,19-8-6-5-7-9-19)20-12-14-22(15-13-20)27-17-23(2,3)26/h5-16,26H,17H2,1-4H3. The largest absolute Gasteiger partial charge is 0.491 e. The Morgan fingerprint density at radius 2 is 1.41 bits per heavy atom. The van der Waals surface area contributed by atoms with Gasteiger partial charge >= 0.3 is 0 Å². The molecule has 27 heavy (non-hydrogen) atoms. The van der Waals surface area contributed by atoms with Gasteiger partial charge in [0.05, 0.1) is 5.60 Å².